The van der Waals surface area contributed by atoms with Crippen LogP contribution in [0.2, 0.25) is 0 Å². The standard InChI is InChI=1S/C18H25BN2O5.C2H6.CH4S.CH4/c1-3-16(22)21-11-7-10-18(2,13-21)26-17(23)20-15(19(24)25)12-14-8-5-4-6-9-14;2*1-2;/h3-6,8-9,15,24-25H,1,7,10-13H2,2H3,(H,20,23);1-2H3;2H,1H3;1H4/t15-,18?;;;/m0.../s1. The van der Waals surface area contributed by atoms with Crippen LogP contribution in [-0.2, 0) is 16.0 Å². The third-order valence-corrected chi connectivity index (χ3v) is 4.45. The van der Waals surface area contributed by atoms with Gasteiger partial charge in [0.2, 0.25) is 5.91 Å². The van der Waals surface area contributed by atoms with E-state index < -0.39 is 24.8 Å². The van der Waals surface area contributed by atoms with Crippen LogP contribution in [0.25, 0.3) is 0 Å². The molecule has 1 aliphatic heterocycles. The summed E-state index contributed by atoms with van der Waals surface area (Å²) in [5.41, 5.74) is 0.0242. The Bertz CT molecular complexity index is 648. The Morgan fingerprint density at radius 1 is 1.32 bits per heavy atom. The highest BCUT2D eigenvalue weighted by molar-refractivity contribution is 7.79. The van der Waals surface area contributed by atoms with Crippen molar-refractivity contribution in [2.45, 2.75) is 59.0 Å². The van der Waals surface area contributed by atoms with Crippen molar-refractivity contribution in [2.75, 3.05) is 19.3 Å². The maximum absolute atomic E-state index is 12.3. The summed E-state index contributed by atoms with van der Waals surface area (Å²) in [4.78, 5) is 25.7. The molecule has 0 saturated carbocycles. The molecule has 2 amide bonds. The van der Waals surface area contributed by atoms with E-state index in [1.165, 1.54) is 6.08 Å². The molecule has 1 heterocycles. The number of nitrogens with zero attached hydrogens (tertiary/aromatic N) is 1. The lowest BCUT2D eigenvalue weighted by atomic mass is 9.76. The van der Waals surface area contributed by atoms with Gasteiger partial charge in [0.15, 0.2) is 0 Å². The summed E-state index contributed by atoms with van der Waals surface area (Å²) >= 11 is 3.53. The molecule has 0 aliphatic carbocycles. The number of likely N-dealkylation sites (tertiary alicyclic amines) is 1. The minimum absolute atomic E-state index is 0. The number of rotatable bonds is 6. The van der Waals surface area contributed by atoms with E-state index in [9.17, 15) is 19.6 Å². The molecule has 7 nitrogen and oxygen atoms in total. The van der Waals surface area contributed by atoms with Crippen molar-refractivity contribution in [1.82, 2.24) is 10.2 Å². The molecule has 0 aromatic heterocycles. The van der Waals surface area contributed by atoms with Gasteiger partial charge in [0.25, 0.3) is 0 Å². The van der Waals surface area contributed by atoms with Gasteiger partial charge in [0.05, 0.1) is 12.5 Å². The summed E-state index contributed by atoms with van der Waals surface area (Å²) in [6, 6.07) is 9.20. The molecule has 1 aromatic rings. The molecule has 31 heavy (non-hydrogen) atoms. The zero-order valence-corrected chi connectivity index (χ0v) is 19.3. The van der Waals surface area contributed by atoms with E-state index >= 15 is 0 Å². The molecule has 1 fully saturated rings. The second kappa shape index (κ2) is 16.7. The number of amides is 2. The fourth-order valence-corrected chi connectivity index (χ4v) is 3.11. The maximum Gasteiger partial charge on any atom is 0.475 e. The summed E-state index contributed by atoms with van der Waals surface area (Å²) in [6.07, 6.45) is 3.77. The molecule has 1 unspecified atom stereocenters. The summed E-state index contributed by atoms with van der Waals surface area (Å²) in [5.74, 6) is -1.10. The fraction of sp³-hybridized carbons (Fsp3) is 0.545. The summed E-state index contributed by atoms with van der Waals surface area (Å²) in [5, 5.41) is 21.6. The smallest absolute Gasteiger partial charge is 0.441 e. The summed E-state index contributed by atoms with van der Waals surface area (Å²) in [6.45, 7) is 10.1. The normalized spacial score (nSPS) is 17.8. The van der Waals surface area contributed by atoms with Gasteiger partial charge in [-0.25, -0.2) is 4.79 Å². The number of alkyl carbamates (subject to hydrolysis) is 1. The monoisotopic (exact) mass is 454 g/mol. The number of nitrogens with one attached hydrogen (secondary N) is 1. The van der Waals surface area contributed by atoms with E-state index in [4.69, 9.17) is 4.74 Å². The fourth-order valence-electron chi connectivity index (χ4n) is 3.11. The molecule has 0 radical (unpaired) electrons. The molecule has 1 saturated heterocycles. The van der Waals surface area contributed by atoms with Crippen molar-refractivity contribution in [2.24, 2.45) is 0 Å². The molecule has 2 rings (SSSR count). The first-order chi connectivity index (χ1) is 14.3. The van der Waals surface area contributed by atoms with Gasteiger partial charge in [-0.2, -0.15) is 12.6 Å². The molecular weight excluding hydrogens is 415 g/mol. The van der Waals surface area contributed by atoms with E-state index in [-0.39, 0.29) is 26.3 Å². The largest absolute Gasteiger partial charge is 0.475 e. The van der Waals surface area contributed by atoms with Crippen LogP contribution in [0, 0.1) is 0 Å². The molecule has 0 bridgehead atoms. The number of carbonyl (C=O) groups excluding carboxylic acids is 2. The highest BCUT2D eigenvalue weighted by atomic mass is 32.1. The van der Waals surface area contributed by atoms with Gasteiger partial charge in [0, 0.05) is 6.54 Å². The molecule has 2 atom stereocenters. The Morgan fingerprint density at radius 2 is 1.90 bits per heavy atom. The lowest BCUT2D eigenvalue weighted by molar-refractivity contribution is -0.132. The Hall–Kier alpha value is -1.97. The van der Waals surface area contributed by atoms with Gasteiger partial charge in [-0.05, 0) is 44.1 Å². The van der Waals surface area contributed by atoms with Crippen LogP contribution in [0.5, 0.6) is 0 Å². The lowest BCUT2D eigenvalue weighted by Crippen LogP contribution is -2.54. The van der Waals surface area contributed by atoms with Crippen molar-refractivity contribution >= 4 is 31.7 Å². The zero-order chi connectivity index (χ0) is 23.2. The first kappa shape index (κ1) is 31.2. The molecule has 176 valence electrons. The number of carbonyl (C=O) groups is 2. The lowest BCUT2D eigenvalue weighted by Gasteiger charge is -2.39. The van der Waals surface area contributed by atoms with E-state index in [1.54, 1.807) is 18.1 Å². The average molecular weight is 454 g/mol. The minimum Gasteiger partial charge on any atom is -0.441 e. The number of benzene rings is 1. The second-order valence-corrected chi connectivity index (χ2v) is 6.76. The minimum atomic E-state index is -1.72. The first-order valence-corrected chi connectivity index (χ1v) is 11.0. The Balaban J connectivity index is 0. The highest BCUT2D eigenvalue weighted by Gasteiger charge is 2.37. The van der Waals surface area contributed by atoms with E-state index in [2.05, 4.69) is 24.5 Å². The Kier molecular flexibility index (Phi) is 16.8. The third kappa shape index (κ3) is 11.3. The van der Waals surface area contributed by atoms with Crippen LogP contribution in [-0.4, -0.2) is 65.0 Å². The first-order valence-electron chi connectivity index (χ1n) is 10.1. The maximum atomic E-state index is 12.3. The molecule has 1 aliphatic rings. The van der Waals surface area contributed by atoms with Crippen molar-refractivity contribution in [3.8, 4) is 0 Å². The van der Waals surface area contributed by atoms with Gasteiger partial charge in [-0.15, -0.1) is 0 Å². The molecule has 9 heteroatoms. The Morgan fingerprint density at radius 3 is 2.42 bits per heavy atom. The second-order valence-electron chi connectivity index (χ2n) is 6.76. The van der Waals surface area contributed by atoms with E-state index in [0.29, 0.717) is 19.4 Å². The van der Waals surface area contributed by atoms with Gasteiger partial charge in [0.1, 0.15) is 5.60 Å². The number of hydrogen-bond donors (Lipinski definition) is 4. The number of piperidine rings is 1. The topological polar surface area (TPSA) is 99.1 Å². The van der Waals surface area contributed by atoms with Crippen LogP contribution in [0.3, 0.4) is 0 Å². The highest BCUT2D eigenvalue weighted by Crippen LogP contribution is 2.25. The zero-order valence-electron chi connectivity index (χ0n) is 18.4. The van der Waals surface area contributed by atoms with Crippen molar-refractivity contribution in [3.05, 3.63) is 48.6 Å². The molecule has 1 aromatic carbocycles. The van der Waals surface area contributed by atoms with Gasteiger partial charge < -0.3 is 25.0 Å². The Labute approximate surface area is 193 Å². The van der Waals surface area contributed by atoms with Crippen LogP contribution >= 0.6 is 12.6 Å². The van der Waals surface area contributed by atoms with Crippen LogP contribution < -0.4 is 5.32 Å². The number of ether oxygens (including phenoxy) is 1. The number of hydrogen-bond acceptors (Lipinski definition) is 6. The van der Waals surface area contributed by atoms with Crippen LogP contribution in [0.15, 0.2) is 43.0 Å². The summed E-state index contributed by atoms with van der Waals surface area (Å²) < 4.78 is 5.52. The van der Waals surface area contributed by atoms with Crippen molar-refractivity contribution < 1.29 is 24.4 Å². The average Bonchev–Trinajstić information content (AvgIpc) is 2.75. The predicted octanol–water partition coefficient (Wildman–Crippen LogP) is 3.11. The SMILES string of the molecule is C.C=CC(=O)N1CCCC(C)(OC(=O)N[C@@H](Cc2ccccc2)B(O)O)C1.CC.CS. The predicted molar refractivity (Wildman–Crippen MR) is 131 cm³/mol. The van der Waals surface area contributed by atoms with Crippen molar-refractivity contribution in [3.63, 3.8) is 0 Å². The third-order valence-electron chi connectivity index (χ3n) is 4.45. The van der Waals surface area contributed by atoms with Gasteiger partial charge in [-0.3, -0.25) is 4.79 Å². The number of thiol groups is 1. The summed E-state index contributed by atoms with van der Waals surface area (Å²) in [7, 11) is -1.72. The molecule has 3 N–H and O–H groups in total. The van der Waals surface area contributed by atoms with Crippen LogP contribution in [0.4, 0.5) is 4.79 Å². The van der Waals surface area contributed by atoms with Crippen molar-refractivity contribution in [1.29, 1.82) is 0 Å². The van der Waals surface area contributed by atoms with Gasteiger partial charge >= 0.3 is 13.2 Å². The van der Waals surface area contributed by atoms with E-state index in [1.807, 2.05) is 44.2 Å². The van der Waals surface area contributed by atoms with Crippen LogP contribution in [0.1, 0.15) is 46.6 Å². The molecular formula is C22H39BN2O5S. The van der Waals surface area contributed by atoms with Gasteiger partial charge in [-0.1, -0.05) is 58.2 Å². The van der Waals surface area contributed by atoms with E-state index in [0.717, 1.165) is 5.56 Å². The quantitative estimate of drug-likeness (QED) is 0.301. The molecule has 0 spiro atoms.